The topological polar surface area (TPSA) is 57.9 Å². The van der Waals surface area contributed by atoms with Gasteiger partial charge in [0.25, 0.3) is 0 Å². The molecule has 0 fully saturated rings. The van der Waals surface area contributed by atoms with Crippen molar-refractivity contribution < 1.29 is 12.3 Å². The van der Waals surface area contributed by atoms with Gasteiger partial charge >= 0.3 is 10.2 Å². The first-order valence-electron chi connectivity index (χ1n) is 4.31. The third kappa shape index (κ3) is 1.68. The van der Waals surface area contributed by atoms with E-state index >= 15 is 0 Å². The van der Waals surface area contributed by atoms with Crippen LogP contribution in [0.1, 0.15) is 11.1 Å². The lowest BCUT2D eigenvalue weighted by Crippen LogP contribution is -1.89. The number of halogens is 1. The maximum absolute atomic E-state index is 12.9. The minimum atomic E-state index is -4.68. The van der Waals surface area contributed by atoms with E-state index in [2.05, 4.69) is 0 Å². The van der Waals surface area contributed by atoms with Gasteiger partial charge in [0.2, 0.25) is 0 Å². The first kappa shape index (κ1) is 11.0. The molecule has 1 aromatic carbocycles. The number of aryl methyl sites for hydroxylation is 1. The summed E-state index contributed by atoms with van der Waals surface area (Å²) >= 11 is 0.878. The van der Waals surface area contributed by atoms with E-state index in [9.17, 15) is 12.3 Å². The Labute approximate surface area is 96.0 Å². The summed E-state index contributed by atoms with van der Waals surface area (Å²) in [4.78, 5) is 0. The molecule has 0 N–H and O–H groups in total. The van der Waals surface area contributed by atoms with Gasteiger partial charge in [-0.25, -0.2) is 0 Å². The first-order valence-corrected chi connectivity index (χ1v) is 6.51. The molecule has 1 heterocycles. The largest absolute Gasteiger partial charge is 0.341 e. The van der Waals surface area contributed by atoms with E-state index in [0.29, 0.717) is 21.2 Å². The number of nitrogens with zero attached hydrogens (tertiary/aromatic N) is 1. The number of thiophene rings is 1. The van der Waals surface area contributed by atoms with E-state index in [-0.39, 0.29) is 4.21 Å². The second-order valence-electron chi connectivity index (χ2n) is 3.28. The van der Waals surface area contributed by atoms with Gasteiger partial charge in [-0.15, -0.1) is 11.3 Å². The van der Waals surface area contributed by atoms with Crippen molar-refractivity contribution in [2.75, 3.05) is 0 Å². The smallest absolute Gasteiger partial charge is 0.192 e. The molecule has 0 atom stereocenters. The van der Waals surface area contributed by atoms with Crippen molar-refractivity contribution in [1.82, 2.24) is 0 Å². The normalized spacial score (nSPS) is 11.6. The summed E-state index contributed by atoms with van der Waals surface area (Å²) in [6.07, 6.45) is 0. The fraction of sp³-hybridized carbons (Fsp3) is 0.100. The molecule has 0 saturated heterocycles. The van der Waals surface area contributed by atoms with Crippen LogP contribution < -0.4 is 0 Å². The molecule has 1 aromatic heterocycles. The van der Waals surface area contributed by atoms with E-state index < -0.39 is 10.2 Å². The average molecular weight is 255 g/mol. The summed E-state index contributed by atoms with van der Waals surface area (Å²) < 4.78 is 35.0. The molecule has 0 aliphatic rings. The van der Waals surface area contributed by atoms with Gasteiger partial charge in [0.05, 0.1) is 11.6 Å². The summed E-state index contributed by atoms with van der Waals surface area (Å²) in [5.74, 6) is 0. The Hall–Kier alpha value is -1.45. The van der Waals surface area contributed by atoms with Gasteiger partial charge in [-0.1, -0.05) is 3.89 Å². The van der Waals surface area contributed by atoms with Crippen LogP contribution in [0.25, 0.3) is 10.1 Å². The second-order valence-corrected chi connectivity index (χ2v) is 5.87. The predicted molar refractivity (Wildman–Crippen MR) is 59.6 cm³/mol. The van der Waals surface area contributed by atoms with Crippen LogP contribution in [-0.2, 0) is 10.2 Å². The second kappa shape index (κ2) is 3.54. The number of nitriles is 1. The summed E-state index contributed by atoms with van der Waals surface area (Å²) in [6.45, 7) is 1.53. The lowest BCUT2D eigenvalue weighted by atomic mass is 10.1. The van der Waals surface area contributed by atoms with Crippen molar-refractivity contribution in [2.24, 2.45) is 0 Å². The summed E-state index contributed by atoms with van der Waals surface area (Å²) in [5.41, 5.74) is 0.788. The van der Waals surface area contributed by atoms with Crippen LogP contribution in [0, 0.1) is 18.3 Å². The van der Waals surface area contributed by atoms with E-state index in [1.165, 1.54) is 6.92 Å². The highest BCUT2D eigenvalue weighted by Gasteiger charge is 2.20. The van der Waals surface area contributed by atoms with Gasteiger partial charge < -0.3 is 0 Å². The third-order valence-corrected chi connectivity index (χ3v) is 4.91. The van der Waals surface area contributed by atoms with Crippen LogP contribution in [0.3, 0.4) is 0 Å². The molecule has 0 bridgehead atoms. The van der Waals surface area contributed by atoms with E-state index in [0.717, 1.165) is 11.3 Å². The molecule has 3 nitrogen and oxygen atoms in total. The highest BCUT2D eigenvalue weighted by molar-refractivity contribution is 7.88. The molecule has 0 aliphatic carbocycles. The number of rotatable bonds is 1. The van der Waals surface area contributed by atoms with Gasteiger partial charge in [-0.2, -0.15) is 13.7 Å². The van der Waals surface area contributed by atoms with E-state index in [1.807, 2.05) is 6.07 Å². The van der Waals surface area contributed by atoms with Gasteiger partial charge in [0.1, 0.15) is 0 Å². The molecule has 0 saturated carbocycles. The van der Waals surface area contributed by atoms with Gasteiger partial charge in [0.15, 0.2) is 4.21 Å². The van der Waals surface area contributed by atoms with E-state index in [1.54, 1.807) is 18.2 Å². The minimum absolute atomic E-state index is 0.280. The maximum atomic E-state index is 12.9. The Bertz CT molecular complexity index is 710. The zero-order valence-electron chi connectivity index (χ0n) is 8.19. The van der Waals surface area contributed by atoms with Crippen molar-refractivity contribution in [3.8, 4) is 6.07 Å². The fourth-order valence-electron chi connectivity index (χ4n) is 1.50. The average Bonchev–Trinajstić information content (AvgIpc) is 2.55. The van der Waals surface area contributed by atoms with Crippen molar-refractivity contribution in [1.29, 1.82) is 5.26 Å². The van der Waals surface area contributed by atoms with Gasteiger partial charge in [-0.05, 0) is 36.1 Å². The highest BCUT2D eigenvalue weighted by Crippen LogP contribution is 2.35. The van der Waals surface area contributed by atoms with Crippen molar-refractivity contribution >= 4 is 31.6 Å². The quantitative estimate of drug-likeness (QED) is 0.736. The molecule has 2 rings (SSSR count). The Morgan fingerprint density at radius 3 is 2.69 bits per heavy atom. The zero-order valence-corrected chi connectivity index (χ0v) is 9.82. The Morgan fingerprint density at radius 1 is 1.44 bits per heavy atom. The molecule has 0 aliphatic heterocycles. The molecule has 6 heteroatoms. The third-order valence-electron chi connectivity index (χ3n) is 2.24. The van der Waals surface area contributed by atoms with Gasteiger partial charge in [-0.3, -0.25) is 0 Å². The summed E-state index contributed by atoms with van der Waals surface area (Å²) in [5, 5.41) is 9.33. The molecular formula is C10H6FNO2S2. The molecular weight excluding hydrogens is 249 g/mol. The summed E-state index contributed by atoms with van der Waals surface area (Å²) in [6, 6.07) is 6.72. The van der Waals surface area contributed by atoms with Crippen LogP contribution in [0.15, 0.2) is 22.4 Å². The molecule has 0 radical (unpaired) electrons. The Morgan fingerprint density at radius 2 is 2.12 bits per heavy atom. The molecule has 0 amide bonds. The van der Waals surface area contributed by atoms with Crippen LogP contribution in [0.2, 0.25) is 0 Å². The first-order chi connectivity index (χ1) is 7.43. The predicted octanol–water partition coefficient (Wildman–Crippen LogP) is 2.74. The van der Waals surface area contributed by atoms with Crippen molar-refractivity contribution in [3.05, 3.63) is 29.3 Å². The monoisotopic (exact) mass is 255 g/mol. The lowest BCUT2D eigenvalue weighted by Gasteiger charge is -1.92. The number of benzene rings is 1. The van der Waals surface area contributed by atoms with Crippen LogP contribution in [0.4, 0.5) is 3.89 Å². The van der Waals surface area contributed by atoms with Crippen molar-refractivity contribution in [3.63, 3.8) is 0 Å². The van der Waals surface area contributed by atoms with Gasteiger partial charge in [0, 0.05) is 4.70 Å². The van der Waals surface area contributed by atoms with E-state index in [4.69, 9.17) is 5.26 Å². The number of hydrogen-bond donors (Lipinski definition) is 0. The standard InChI is InChI=1S/C10H6FNO2S2/c1-6-8-4-7(5-12)2-3-9(8)15-10(6)16(11,13)14/h2-4H,1H3. The molecule has 0 spiro atoms. The summed E-state index contributed by atoms with van der Waals surface area (Å²) in [7, 11) is -4.68. The maximum Gasteiger partial charge on any atom is 0.341 e. The SMILES string of the molecule is Cc1c(S(=O)(=O)F)sc2ccc(C#N)cc12. The Balaban J connectivity index is 2.85. The lowest BCUT2D eigenvalue weighted by molar-refractivity contribution is 0.554. The van der Waals surface area contributed by atoms with Crippen LogP contribution >= 0.6 is 11.3 Å². The van der Waals surface area contributed by atoms with Crippen molar-refractivity contribution in [2.45, 2.75) is 11.1 Å². The minimum Gasteiger partial charge on any atom is -0.192 e. The number of fused-ring (bicyclic) bond motifs is 1. The molecule has 82 valence electrons. The van der Waals surface area contributed by atoms with Crippen LogP contribution in [-0.4, -0.2) is 8.42 Å². The molecule has 2 aromatic rings. The zero-order chi connectivity index (χ0) is 11.9. The Kier molecular flexibility index (Phi) is 2.45. The molecule has 16 heavy (non-hydrogen) atoms. The van der Waals surface area contributed by atoms with Crippen LogP contribution in [0.5, 0.6) is 0 Å². The molecule has 0 unspecified atom stereocenters. The number of hydrogen-bond acceptors (Lipinski definition) is 4. The highest BCUT2D eigenvalue weighted by atomic mass is 32.3. The fourth-order valence-corrected chi connectivity index (χ4v) is 3.56.